The van der Waals surface area contributed by atoms with Crippen molar-refractivity contribution in [2.75, 3.05) is 0 Å². The minimum Gasteiger partial charge on any atom is -0.392 e. The molecule has 3 unspecified atom stereocenters. The highest BCUT2D eigenvalue weighted by molar-refractivity contribution is 5.31. The molecule has 3 aliphatic carbocycles. The number of aryl methyl sites for hydroxylation is 1. The molecule has 0 saturated heterocycles. The number of rotatable bonds is 2. The van der Waals surface area contributed by atoms with E-state index < -0.39 is 0 Å². The third kappa shape index (κ3) is 2.24. The second-order valence-electron chi connectivity index (χ2n) is 7.25. The first-order valence-corrected chi connectivity index (χ1v) is 8.71. The molecule has 0 heterocycles. The molecule has 1 aromatic carbocycles. The Morgan fingerprint density at radius 2 is 1.86 bits per heavy atom. The third-order valence-corrected chi connectivity index (χ3v) is 6.17. The summed E-state index contributed by atoms with van der Waals surface area (Å²) < 4.78 is 6.56. The van der Waals surface area contributed by atoms with E-state index in [0.29, 0.717) is 0 Å². The summed E-state index contributed by atoms with van der Waals surface area (Å²) in [4.78, 5) is 0. The maximum absolute atomic E-state index is 10.3. The van der Waals surface area contributed by atoms with Gasteiger partial charge in [-0.2, -0.15) is 0 Å². The summed E-state index contributed by atoms with van der Waals surface area (Å²) in [5.74, 6) is 0. The van der Waals surface area contributed by atoms with Gasteiger partial charge in [-0.3, -0.25) is 0 Å². The van der Waals surface area contributed by atoms with E-state index in [1.54, 1.807) is 0 Å². The van der Waals surface area contributed by atoms with E-state index in [0.717, 1.165) is 25.7 Å². The second-order valence-corrected chi connectivity index (χ2v) is 7.25. The lowest BCUT2D eigenvalue weighted by Crippen LogP contribution is -2.59. The Balaban J connectivity index is 1.52. The summed E-state index contributed by atoms with van der Waals surface area (Å²) in [6.45, 7) is 0. The van der Waals surface area contributed by atoms with Gasteiger partial charge in [0.25, 0.3) is 0 Å². The first-order chi connectivity index (χ1) is 10.3. The summed E-state index contributed by atoms with van der Waals surface area (Å²) in [6.07, 6.45) is 11.0. The Morgan fingerprint density at radius 1 is 1.05 bits per heavy atom. The van der Waals surface area contributed by atoms with Crippen LogP contribution < -0.4 is 0 Å². The fourth-order valence-corrected chi connectivity index (χ4v) is 4.83. The fraction of sp³-hybridized carbons (Fsp3) is 0.684. The van der Waals surface area contributed by atoms with Crippen LogP contribution in [-0.2, 0) is 11.2 Å². The molecule has 0 amide bonds. The van der Waals surface area contributed by atoms with E-state index in [4.69, 9.17) is 4.74 Å². The average molecular weight is 286 g/mol. The van der Waals surface area contributed by atoms with E-state index in [1.165, 1.54) is 43.2 Å². The Kier molecular flexibility index (Phi) is 3.55. The minimum atomic E-state index is -0.123. The van der Waals surface area contributed by atoms with Crippen molar-refractivity contribution < 1.29 is 9.84 Å². The topological polar surface area (TPSA) is 29.5 Å². The van der Waals surface area contributed by atoms with Gasteiger partial charge >= 0.3 is 0 Å². The smallest absolute Gasteiger partial charge is 0.0831 e. The van der Waals surface area contributed by atoms with Crippen LogP contribution in [0.1, 0.15) is 68.6 Å². The molecule has 2 heteroatoms. The first kappa shape index (κ1) is 13.8. The zero-order valence-corrected chi connectivity index (χ0v) is 12.8. The summed E-state index contributed by atoms with van der Waals surface area (Å²) in [5, 5.41) is 10.3. The van der Waals surface area contributed by atoms with Gasteiger partial charge in [0, 0.05) is 11.8 Å². The van der Waals surface area contributed by atoms with Crippen LogP contribution >= 0.6 is 0 Å². The summed E-state index contributed by atoms with van der Waals surface area (Å²) in [5.41, 5.74) is 2.95. The van der Waals surface area contributed by atoms with E-state index >= 15 is 0 Å². The van der Waals surface area contributed by atoms with Gasteiger partial charge in [-0.1, -0.05) is 43.5 Å². The lowest BCUT2D eigenvalue weighted by Gasteiger charge is -2.56. The molecule has 0 aliphatic heterocycles. The monoisotopic (exact) mass is 286 g/mol. The number of hydrogen-bond acceptors (Lipinski definition) is 2. The van der Waals surface area contributed by atoms with Crippen molar-refractivity contribution in [3.63, 3.8) is 0 Å². The van der Waals surface area contributed by atoms with E-state index in [9.17, 15) is 5.11 Å². The standard InChI is InChI=1S/C19H26O2/c20-17-13-18(19(17)11-4-1-5-12-19)21-16-10-6-8-14-7-2-3-9-15(14)16/h2-3,7,9,16-18,20H,1,4-6,8,10-13H2. The number of ether oxygens (including phenoxy) is 1. The molecule has 114 valence electrons. The molecule has 1 spiro atoms. The van der Waals surface area contributed by atoms with Crippen molar-refractivity contribution in [3.05, 3.63) is 35.4 Å². The normalized spacial score (nSPS) is 34.2. The fourth-order valence-electron chi connectivity index (χ4n) is 4.83. The van der Waals surface area contributed by atoms with Gasteiger partial charge in [0.05, 0.1) is 18.3 Å². The Morgan fingerprint density at radius 3 is 2.67 bits per heavy atom. The number of aliphatic hydroxyl groups excluding tert-OH is 1. The minimum absolute atomic E-state index is 0.0879. The lowest BCUT2D eigenvalue weighted by atomic mass is 9.56. The molecule has 0 radical (unpaired) electrons. The highest BCUT2D eigenvalue weighted by atomic mass is 16.5. The van der Waals surface area contributed by atoms with Crippen LogP contribution in [0.3, 0.4) is 0 Å². The number of fused-ring (bicyclic) bond motifs is 1. The number of hydrogen-bond donors (Lipinski definition) is 1. The quantitative estimate of drug-likeness (QED) is 0.884. The molecule has 2 saturated carbocycles. The van der Waals surface area contributed by atoms with Crippen molar-refractivity contribution >= 4 is 0 Å². The zero-order valence-electron chi connectivity index (χ0n) is 12.8. The molecular formula is C19H26O2. The van der Waals surface area contributed by atoms with Crippen LogP contribution in [0.15, 0.2) is 24.3 Å². The molecule has 1 aromatic rings. The lowest BCUT2D eigenvalue weighted by molar-refractivity contribution is -0.225. The summed E-state index contributed by atoms with van der Waals surface area (Å²) in [6, 6.07) is 8.75. The van der Waals surface area contributed by atoms with E-state index in [2.05, 4.69) is 24.3 Å². The molecular weight excluding hydrogens is 260 g/mol. The molecule has 3 atom stereocenters. The van der Waals surface area contributed by atoms with Crippen LogP contribution in [0.25, 0.3) is 0 Å². The van der Waals surface area contributed by atoms with Gasteiger partial charge in [0.15, 0.2) is 0 Å². The predicted octanol–water partition coefficient (Wildman–Crippen LogP) is 4.16. The molecule has 0 bridgehead atoms. The molecule has 1 N–H and O–H groups in total. The van der Waals surface area contributed by atoms with E-state index in [-0.39, 0.29) is 23.7 Å². The Bertz CT molecular complexity index is 504. The summed E-state index contributed by atoms with van der Waals surface area (Å²) >= 11 is 0. The van der Waals surface area contributed by atoms with Gasteiger partial charge < -0.3 is 9.84 Å². The number of aliphatic hydroxyl groups is 1. The first-order valence-electron chi connectivity index (χ1n) is 8.71. The Hall–Kier alpha value is -0.860. The molecule has 2 fully saturated rings. The average Bonchev–Trinajstić information content (AvgIpc) is 2.55. The van der Waals surface area contributed by atoms with E-state index in [1.807, 2.05) is 0 Å². The SMILES string of the molecule is OC1CC(OC2CCCc3ccccc32)C12CCCCC2. The number of benzene rings is 1. The van der Waals surface area contributed by atoms with Crippen LogP contribution in [0.5, 0.6) is 0 Å². The van der Waals surface area contributed by atoms with Gasteiger partial charge in [0.2, 0.25) is 0 Å². The van der Waals surface area contributed by atoms with Gasteiger partial charge in [-0.15, -0.1) is 0 Å². The highest BCUT2D eigenvalue weighted by Crippen LogP contribution is 2.54. The molecule has 4 rings (SSSR count). The van der Waals surface area contributed by atoms with Gasteiger partial charge in [0.1, 0.15) is 0 Å². The van der Waals surface area contributed by atoms with Crippen LogP contribution in [-0.4, -0.2) is 17.3 Å². The molecule has 2 nitrogen and oxygen atoms in total. The van der Waals surface area contributed by atoms with Gasteiger partial charge in [-0.05, 0) is 43.2 Å². The zero-order chi connectivity index (χ0) is 14.3. The largest absolute Gasteiger partial charge is 0.392 e. The van der Waals surface area contributed by atoms with Crippen LogP contribution in [0.4, 0.5) is 0 Å². The highest BCUT2D eigenvalue weighted by Gasteiger charge is 2.55. The predicted molar refractivity (Wildman–Crippen MR) is 83.1 cm³/mol. The van der Waals surface area contributed by atoms with Crippen molar-refractivity contribution in [1.29, 1.82) is 0 Å². The second kappa shape index (κ2) is 5.40. The summed E-state index contributed by atoms with van der Waals surface area (Å²) in [7, 11) is 0. The van der Waals surface area contributed by atoms with Crippen molar-refractivity contribution in [2.24, 2.45) is 5.41 Å². The van der Waals surface area contributed by atoms with Crippen molar-refractivity contribution in [3.8, 4) is 0 Å². The molecule has 3 aliphatic rings. The van der Waals surface area contributed by atoms with Crippen LogP contribution in [0, 0.1) is 5.41 Å². The Labute approximate surface area is 127 Å². The van der Waals surface area contributed by atoms with Gasteiger partial charge in [-0.25, -0.2) is 0 Å². The van der Waals surface area contributed by atoms with Crippen molar-refractivity contribution in [1.82, 2.24) is 0 Å². The van der Waals surface area contributed by atoms with Crippen molar-refractivity contribution in [2.45, 2.75) is 76.1 Å². The molecule has 0 aromatic heterocycles. The third-order valence-electron chi connectivity index (χ3n) is 6.17. The van der Waals surface area contributed by atoms with Crippen LogP contribution in [0.2, 0.25) is 0 Å². The maximum atomic E-state index is 10.3. The molecule has 21 heavy (non-hydrogen) atoms. The maximum Gasteiger partial charge on any atom is 0.0831 e.